The summed E-state index contributed by atoms with van der Waals surface area (Å²) >= 11 is 0. The fourth-order valence-electron chi connectivity index (χ4n) is 2.19. The van der Waals surface area contributed by atoms with Crippen LogP contribution < -0.4 is 5.32 Å². The highest BCUT2D eigenvalue weighted by Gasteiger charge is 2.36. The van der Waals surface area contributed by atoms with Crippen LogP contribution in [0.3, 0.4) is 0 Å². The third-order valence-corrected chi connectivity index (χ3v) is 3.37. The highest BCUT2D eigenvalue weighted by molar-refractivity contribution is 5.85. The van der Waals surface area contributed by atoms with Gasteiger partial charge in [-0.15, -0.1) is 0 Å². The van der Waals surface area contributed by atoms with Gasteiger partial charge < -0.3 is 10.1 Å². The number of carbonyl (C=O) groups is 2. The van der Waals surface area contributed by atoms with Crippen LogP contribution >= 0.6 is 0 Å². The van der Waals surface area contributed by atoms with Gasteiger partial charge in [0.2, 0.25) is 0 Å². The second kappa shape index (κ2) is 8.55. The van der Waals surface area contributed by atoms with Crippen LogP contribution in [-0.4, -0.2) is 42.9 Å². The molecule has 0 saturated carbocycles. The monoisotopic (exact) mass is 394 g/mol. The molecule has 2 amide bonds. The van der Waals surface area contributed by atoms with Gasteiger partial charge in [-0.05, 0) is 44.5 Å². The largest absolute Gasteiger partial charge is 0.444 e. The molecule has 27 heavy (non-hydrogen) atoms. The van der Waals surface area contributed by atoms with Crippen molar-refractivity contribution in [2.75, 3.05) is 14.2 Å². The summed E-state index contributed by atoms with van der Waals surface area (Å²) in [5.41, 5.74) is -2.48. The van der Waals surface area contributed by atoms with Crippen molar-refractivity contribution in [2.45, 2.75) is 45.0 Å². The highest BCUT2D eigenvalue weighted by atomic mass is 19.4. The molecule has 10 heteroatoms. The lowest BCUT2D eigenvalue weighted by Gasteiger charge is -2.26. The molecule has 0 fully saturated rings. The molecule has 1 unspecified atom stereocenters. The van der Waals surface area contributed by atoms with Gasteiger partial charge in [-0.25, -0.2) is 14.2 Å². The van der Waals surface area contributed by atoms with Crippen molar-refractivity contribution in [3.8, 4) is 0 Å². The maximum absolute atomic E-state index is 13.5. The second-order valence-corrected chi connectivity index (χ2v) is 6.72. The number of amides is 2. The van der Waals surface area contributed by atoms with Gasteiger partial charge in [-0.3, -0.25) is 9.63 Å². The van der Waals surface area contributed by atoms with Crippen LogP contribution in [0, 0.1) is 5.82 Å². The summed E-state index contributed by atoms with van der Waals surface area (Å²) < 4.78 is 58.1. The molecule has 1 N–H and O–H groups in total. The molecule has 1 aromatic carbocycles. The molecule has 0 aromatic heterocycles. The summed E-state index contributed by atoms with van der Waals surface area (Å²) in [5, 5.41) is 2.96. The highest BCUT2D eigenvalue weighted by Crippen LogP contribution is 2.33. The van der Waals surface area contributed by atoms with Crippen LogP contribution in [0.2, 0.25) is 0 Å². The van der Waals surface area contributed by atoms with E-state index in [1.165, 1.54) is 14.2 Å². The number of ether oxygens (including phenoxy) is 1. The Balaban J connectivity index is 3.20. The lowest BCUT2D eigenvalue weighted by Crippen LogP contribution is -2.49. The molecule has 0 radical (unpaired) electrons. The standard InChI is InChI=1S/C17H22F4N2O4/c1-16(2,3)27-15(25)22-13(14(24)23(4)26-5)9-10-8-11(18)6-7-12(10)17(19,20)21/h6-8,13H,9H2,1-5H3,(H,22,25). The van der Waals surface area contributed by atoms with E-state index in [2.05, 4.69) is 5.32 Å². The third kappa shape index (κ3) is 7.05. The van der Waals surface area contributed by atoms with Crippen LogP contribution in [-0.2, 0) is 27.0 Å². The van der Waals surface area contributed by atoms with Gasteiger partial charge in [0.05, 0.1) is 12.7 Å². The number of alkyl carbamates (subject to hydrolysis) is 1. The van der Waals surface area contributed by atoms with Gasteiger partial charge in [0.25, 0.3) is 5.91 Å². The number of nitrogens with one attached hydrogen (secondary N) is 1. The number of benzene rings is 1. The molecule has 0 heterocycles. The molecule has 0 aliphatic carbocycles. The van der Waals surface area contributed by atoms with Gasteiger partial charge >= 0.3 is 12.3 Å². The molecule has 0 saturated heterocycles. The summed E-state index contributed by atoms with van der Waals surface area (Å²) in [4.78, 5) is 29.1. The minimum Gasteiger partial charge on any atom is -0.444 e. The summed E-state index contributed by atoms with van der Waals surface area (Å²) in [6.45, 7) is 4.75. The van der Waals surface area contributed by atoms with Gasteiger partial charge in [-0.2, -0.15) is 13.2 Å². The van der Waals surface area contributed by atoms with Crippen LogP contribution in [0.15, 0.2) is 18.2 Å². The van der Waals surface area contributed by atoms with Crippen LogP contribution in [0.4, 0.5) is 22.4 Å². The average molecular weight is 394 g/mol. The van der Waals surface area contributed by atoms with Crippen molar-refractivity contribution in [2.24, 2.45) is 0 Å². The predicted molar refractivity (Wildman–Crippen MR) is 88.0 cm³/mol. The number of likely N-dealkylation sites (N-methyl/N-ethyl adjacent to an activating group) is 1. The Morgan fingerprint density at radius 3 is 2.30 bits per heavy atom. The summed E-state index contributed by atoms with van der Waals surface area (Å²) in [7, 11) is 2.40. The van der Waals surface area contributed by atoms with Crippen molar-refractivity contribution in [3.05, 3.63) is 35.1 Å². The topological polar surface area (TPSA) is 67.9 Å². The molecule has 1 atom stereocenters. The number of carbonyl (C=O) groups excluding carboxylic acids is 2. The van der Waals surface area contributed by atoms with Gasteiger partial charge in [0.1, 0.15) is 17.5 Å². The number of rotatable bonds is 5. The number of nitrogens with zero attached hydrogens (tertiary/aromatic N) is 1. The van der Waals surface area contributed by atoms with E-state index in [0.717, 1.165) is 5.06 Å². The quantitative estimate of drug-likeness (QED) is 0.615. The van der Waals surface area contributed by atoms with Crippen molar-refractivity contribution >= 4 is 12.0 Å². The first-order valence-electron chi connectivity index (χ1n) is 7.91. The molecule has 1 rings (SSSR count). The van der Waals surface area contributed by atoms with Crippen molar-refractivity contribution in [3.63, 3.8) is 0 Å². The number of alkyl halides is 3. The lowest BCUT2D eigenvalue weighted by atomic mass is 9.99. The van der Waals surface area contributed by atoms with E-state index in [-0.39, 0.29) is 0 Å². The Kier molecular flexibility index (Phi) is 7.18. The summed E-state index contributed by atoms with van der Waals surface area (Å²) in [5.74, 6) is -1.73. The van der Waals surface area contributed by atoms with E-state index < -0.39 is 53.2 Å². The molecular formula is C17H22F4N2O4. The van der Waals surface area contributed by atoms with Crippen LogP contribution in [0.5, 0.6) is 0 Å². The Morgan fingerprint density at radius 1 is 1.22 bits per heavy atom. The summed E-state index contributed by atoms with van der Waals surface area (Å²) in [6.07, 6.45) is -6.37. The molecule has 1 aromatic rings. The zero-order valence-corrected chi connectivity index (χ0v) is 15.6. The van der Waals surface area contributed by atoms with Crippen molar-refractivity contribution < 1.29 is 36.7 Å². The minimum atomic E-state index is -4.75. The number of halogens is 4. The molecule has 152 valence electrons. The Bertz CT molecular complexity index is 686. The fourth-order valence-corrected chi connectivity index (χ4v) is 2.19. The van der Waals surface area contributed by atoms with E-state index in [1.807, 2.05) is 0 Å². The van der Waals surface area contributed by atoms with Crippen LogP contribution in [0.25, 0.3) is 0 Å². The van der Waals surface area contributed by atoms with E-state index >= 15 is 0 Å². The first-order chi connectivity index (χ1) is 12.2. The van der Waals surface area contributed by atoms with Gasteiger partial charge in [0.15, 0.2) is 0 Å². The molecular weight excluding hydrogens is 372 g/mol. The normalized spacial score (nSPS) is 13.1. The summed E-state index contributed by atoms with van der Waals surface area (Å²) in [6, 6.07) is 0.464. The maximum atomic E-state index is 13.5. The molecule has 0 bridgehead atoms. The first-order valence-corrected chi connectivity index (χ1v) is 7.91. The van der Waals surface area contributed by atoms with E-state index in [9.17, 15) is 27.2 Å². The van der Waals surface area contributed by atoms with Crippen LogP contribution in [0.1, 0.15) is 31.9 Å². The van der Waals surface area contributed by atoms with E-state index in [1.54, 1.807) is 20.8 Å². The number of hydrogen-bond acceptors (Lipinski definition) is 4. The van der Waals surface area contributed by atoms with E-state index in [0.29, 0.717) is 18.2 Å². The SMILES string of the molecule is CON(C)C(=O)C(Cc1cc(F)ccc1C(F)(F)F)NC(=O)OC(C)(C)C. The number of hydroxylamine groups is 2. The van der Waals surface area contributed by atoms with Crippen molar-refractivity contribution in [1.29, 1.82) is 0 Å². The second-order valence-electron chi connectivity index (χ2n) is 6.72. The zero-order chi connectivity index (χ0) is 21.0. The Hall–Kier alpha value is -2.36. The molecule has 0 aliphatic heterocycles. The molecule has 0 spiro atoms. The smallest absolute Gasteiger partial charge is 0.416 e. The number of hydrogen-bond donors (Lipinski definition) is 1. The molecule has 6 nitrogen and oxygen atoms in total. The van der Waals surface area contributed by atoms with Crippen molar-refractivity contribution in [1.82, 2.24) is 10.4 Å². The Labute approximate surface area is 154 Å². The Morgan fingerprint density at radius 2 is 1.81 bits per heavy atom. The average Bonchev–Trinajstić information content (AvgIpc) is 2.49. The predicted octanol–water partition coefficient (Wildman–Crippen LogP) is 3.30. The zero-order valence-electron chi connectivity index (χ0n) is 15.6. The fraction of sp³-hybridized carbons (Fsp3) is 0.529. The first kappa shape index (κ1) is 22.7. The van der Waals surface area contributed by atoms with Gasteiger partial charge in [0, 0.05) is 13.5 Å². The van der Waals surface area contributed by atoms with Gasteiger partial charge in [-0.1, -0.05) is 0 Å². The minimum absolute atomic E-state index is 0.485. The maximum Gasteiger partial charge on any atom is 0.416 e. The molecule has 0 aliphatic rings. The third-order valence-electron chi connectivity index (χ3n) is 3.37. The van der Waals surface area contributed by atoms with E-state index in [4.69, 9.17) is 9.57 Å². The lowest BCUT2D eigenvalue weighted by molar-refractivity contribution is -0.171.